The SMILES string of the molecule is Cc1cc(C(C)(C)C)nn2ccnc12. The van der Waals surface area contributed by atoms with Crippen molar-refractivity contribution in [1.29, 1.82) is 0 Å². The van der Waals surface area contributed by atoms with Crippen LogP contribution >= 0.6 is 0 Å². The third kappa shape index (κ3) is 1.39. The van der Waals surface area contributed by atoms with Crippen molar-refractivity contribution in [1.82, 2.24) is 14.6 Å². The second-order valence-corrected chi connectivity index (χ2v) is 4.66. The van der Waals surface area contributed by atoms with Gasteiger partial charge in [0.05, 0.1) is 5.69 Å². The van der Waals surface area contributed by atoms with Crippen LogP contribution in [0.3, 0.4) is 0 Å². The average Bonchev–Trinajstić information content (AvgIpc) is 2.50. The van der Waals surface area contributed by atoms with Crippen LogP contribution in [0.25, 0.3) is 5.65 Å². The van der Waals surface area contributed by atoms with Crippen LogP contribution in [0.15, 0.2) is 18.5 Å². The molecule has 14 heavy (non-hydrogen) atoms. The second-order valence-electron chi connectivity index (χ2n) is 4.66. The number of aromatic nitrogens is 3. The van der Waals surface area contributed by atoms with Crippen LogP contribution in [0.4, 0.5) is 0 Å². The third-order valence-corrected chi connectivity index (χ3v) is 2.31. The van der Waals surface area contributed by atoms with Crippen molar-refractivity contribution in [2.45, 2.75) is 33.1 Å². The van der Waals surface area contributed by atoms with E-state index in [1.165, 1.54) is 5.56 Å². The largest absolute Gasteiger partial charge is 0.235 e. The zero-order chi connectivity index (χ0) is 10.3. The van der Waals surface area contributed by atoms with Gasteiger partial charge in [0, 0.05) is 17.8 Å². The Labute approximate surface area is 83.8 Å². The summed E-state index contributed by atoms with van der Waals surface area (Å²) < 4.78 is 1.84. The molecule has 0 spiro atoms. The van der Waals surface area contributed by atoms with E-state index in [4.69, 9.17) is 0 Å². The number of fused-ring (bicyclic) bond motifs is 1. The molecule has 2 aromatic rings. The minimum Gasteiger partial charge on any atom is -0.235 e. The summed E-state index contributed by atoms with van der Waals surface area (Å²) in [7, 11) is 0. The van der Waals surface area contributed by atoms with Gasteiger partial charge in [0.2, 0.25) is 0 Å². The Morgan fingerprint density at radius 2 is 2.00 bits per heavy atom. The van der Waals surface area contributed by atoms with E-state index in [1.807, 2.05) is 10.7 Å². The smallest absolute Gasteiger partial charge is 0.156 e. The van der Waals surface area contributed by atoms with Crippen LogP contribution in [0, 0.1) is 6.92 Å². The monoisotopic (exact) mass is 189 g/mol. The van der Waals surface area contributed by atoms with Crippen LogP contribution in [0.1, 0.15) is 32.0 Å². The Balaban J connectivity index is 2.70. The van der Waals surface area contributed by atoms with E-state index in [-0.39, 0.29) is 5.41 Å². The van der Waals surface area contributed by atoms with Crippen LogP contribution < -0.4 is 0 Å². The normalized spacial score (nSPS) is 12.3. The van der Waals surface area contributed by atoms with Gasteiger partial charge in [0.15, 0.2) is 5.65 Å². The molecule has 3 nitrogen and oxygen atoms in total. The summed E-state index contributed by atoms with van der Waals surface area (Å²) in [6, 6.07) is 2.11. The highest BCUT2D eigenvalue weighted by Crippen LogP contribution is 2.21. The molecular formula is C11H15N3. The Morgan fingerprint density at radius 1 is 1.29 bits per heavy atom. The lowest BCUT2D eigenvalue weighted by Gasteiger charge is -2.18. The van der Waals surface area contributed by atoms with E-state index in [2.05, 4.69) is 43.8 Å². The van der Waals surface area contributed by atoms with Crippen LogP contribution in [-0.4, -0.2) is 14.6 Å². The van der Waals surface area contributed by atoms with Gasteiger partial charge in [-0.05, 0) is 18.6 Å². The summed E-state index contributed by atoms with van der Waals surface area (Å²) in [5.41, 5.74) is 3.30. The van der Waals surface area contributed by atoms with E-state index in [1.54, 1.807) is 6.20 Å². The molecule has 0 saturated heterocycles. The van der Waals surface area contributed by atoms with Crippen molar-refractivity contribution in [3.05, 3.63) is 29.7 Å². The maximum atomic E-state index is 4.52. The van der Waals surface area contributed by atoms with Crippen molar-refractivity contribution in [2.24, 2.45) is 0 Å². The quantitative estimate of drug-likeness (QED) is 0.636. The number of hydrogen-bond donors (Lipinski definition) is 0. The summed E-state index contributed by atoms with van der Waals surface area (Å²) in [6.45, 7) is 8.56. The highest BCUT2D eigenvalue weighted by molar-refractivity contribution is 5.46. The summed E-state index contributed by atoms with van der Waals surface area (Å²) in [4.78, 5) is 4.24. The first-order valence-corrected chi connectivity index (χ1v) is 4.80. The number of hydrogen-bond acceptors (Lipinski definition) is 2. The first kappa shape index (κ1) is 9.19. The first-order chi connectivity index (χ1) is 6.48. The molecule has 0 aliphatic carbocycles. The Morgan fingerprint density at radius 3 is 2.64 bits per heavy atom. The summed E-state index contributed by atoms with van der Waals surface area (Å²) in [5.74, 6) is 0. The molecule has 2 rings (SSSR count). The van der Waals surface area contributed by atoms with E-state index < -0.39 is 0 Å². The average molecular weight is 189 g/mol. The minimum atomic E-state index is 0.0865. The molecule has 0 aromatic carbocycles. The zero-order valence-electron chi connectivity index (χ0n) is 9.07. The van der Waals surface area contributed by atoms with Gasteiger partial charge in [-0.15, -0.1) is 0 Å². The molecule has 0 saturated carbocycles. The Bertz CT molecular complexity index is 463. The van der Waals surface area contributed by atoms with Crippen molar-refractivity contribution in [3.8, 4) is 0 Å². The zero-order valence-corrected chi connectivity index (χ0v) is 9.07. The third-order valence-electron chi connectivity index (χ3n) is 2.31. The Hall–Kier alpha value is -1.38. The lowest BCUT2D eigenvalue weighted by molar-refractivity contribution is 0.553. The number of aryl methyl sites for hydroxylation is 1. The van der Waals surface area contributed by atoms with Gasteiger partial charge in [0.25, 0.3) is 0 Å². The Kier molecular flexibility index (Phi) is 1.84. The molecular weight excluding hydrogens is 174 g/mol. The lowest BCUT2D eigenvalue weighted by Crippen LogP contribution is -2.15. The molecule has 0 unspecified atom stereocenters. The van der Waals surface area contributed by atoms with Gasteiger partial charge >= 0.3 is 0 Å². The molecule has 0 bridgehead atoms. The molecule has 0 aliphatic heterocycles. The van der Waals surface area contributed by atoms with Gasteiger partial charge in [-0.1, -0.05) is 20.8 Å². The molecule has 0 N–H and O–H groups in total. The van der Waals surface area contributed by atoms with E-state index in [0.717, 1.165) is 11.3 Å². The molecule has 0 radical (unpaired) electrons. The summed E-state index contributed by atoms with van der Waals surface area (Å²) >= 11 is 0. The number of nitrogens with zero attached hydrogens (tertiary/aromatic N) is 3. The van der Waals surface area contributed by atoms with Crippen molar-refractivity contribution < 1.29 is 0 Å². The highest BCUT2D eigenvalue weighted by Gasteiger charge is 2.17. The molecule has 2 aromatic heterocycles. The summed E-state index contributed by atoms with van der Waals surface area (Å²) in [5, 5.41) is 4.52. The van der Waals surface area contributed by atoms with Gasteiger partial charge in [-0.2, -0.15) is 5.10 Å². The van der Waals surface area contributed by atoms with Gasteiger partial charge in [-0.3, -0.25) is 0 Å². The van der Waals surface area contributed by atoms with E-state index in [9.17, 15) is 0 Å². The molecule has 0 atom stereocenters. The molecule has 74 valence electrons. The molecule has 0 fully saturated rings. The predicted octanol–water partition coefficient (Wildman–Crippen LogP) is 2.34. The van der Waals surface area contributed by atoms with Crippen LogP contribution in [0.5, 0.6) is 0 Å². The molecule has 3 heteroatoms. The fraction of sp³-hybridized carbons (Fsp3) is 0.455. The topological polar surface area (TPSA) is 30.2 Å². The highest BCUT2D eigenvalue weighted by atomic mass is 15.2. The number of rotatable bonds is 0. The molecule has 0 aliphatic rings. The van der Waals surface area contributed by atoms with E-state index in [0.29, 0.717) is 0 Å². The fourth-order valence-corrected chi connectivity index (χ4v) is 1.44. The maximum Gasteiger partial charge on any atom is 0.156 e. The van der Waals surface area contributed by atoms with Gasteiger partial charge in [-0.25, -0.2) is 9.50 Å². The predicted molar refractivity (Wildman–Crippen MR) is 56.4 cm³/mol. The standard InChI is InChI=1S/C11H15N3/c1-8-7-9(11(2,3)4)13-14-6-5-12-10(8)14/h5-7H,1-4H3. The van der Waals surface area contributed by atoms with Gasteiger partial charge < -0.3 is 0 Å². The maximum absolute atomic E-state index is 4.52. The molecule has 2 heterocycles. The van der Waals surface area contributed by atoms with Crippen LogP contribution in [-0.2, 0) is 5.41 Å². The minimum absolute atomic E-state index is 0.0865. The second kappa shape index (κ2) is 2.80. The first-order valence-electron chi connectivity index (χ1n) is 4.80. The van der Waals surface area contributed by atoms with Crippen molar-refractivity contribution in [2.75, 3.05) is 0 Å². The van der Waals surface area contributed by atoms with E-state index >= 15 is 0 Å². The lowest BCUT2D eigenvalue weighted by atomic mass is 9.91. The summed E-state index contributed by atoms with van der Waals surface area (Å²) in [6.07, 6.45) is 3.67. The van der Waals surface area contributed by atoms with Gasteiger partial charge in [0.1, 0.15) is 0 Å². The number of imidazole rings is 1. The van der Waals surface area contributed by atoms with Crippen LogP contribution in [0.2, 0.25) is 0 Å². The fourth-order valence-electron chi connectivity index (χ4n) is 1.44. The van der Waals surface area contributed by atoms with Crippen molar-refractivity contribution in [3.63, 3.8) is 0 Å². The molecule has 0 amide bonds. The van der Waals surface area contributed by atoms with Crippen molar-refractivity contribution >= 4 is 5.65 Å².